The quantitative estimate of drug-likeness (QED) is 0.371. The number of halogens is 2. The molecule has 0 aliphatic rings. The Kier molecular flexibility index (Phi) is 7.70. The number of benzene rings is 3. The number of carbonyl (C=O) groups is 2. The van der Waals surface area contributed by atoms with Crippen molar-refractivity contribution >= 4 is 46.6 Å². The first-order valence-electron chi connectivity index (χ1n) is 8.24. The molecule has 0 unspecified atom stereocenters. The first-order chi connectivity index (χ1) is 13.8. The third-order valence-corrected chi connectivity index (χ3v) is 4.37. The van der Waals surface area contributed by atoms with Gasteiger partial charge in [-0.15, -0.1) is 0 Å². The van der Waals surface area contributed by atoms with Crippen molar-refractivity contribution in [1.82, 2.24) is 0 Å². The molecule has 0 fully saturated rings. The Bertz CT molecular complexity index is 1010. The molecule has 0 bridgehead atoms. The number of hydrogen-bond acceptors (Lipinski definition) is 3. The van der Waals surface area contributed by atoms with Crippen LogP contribution in [0.5, 0.6) is 5.75 Å². The van der Waals surface area contributed by atoms with Gasteiger partial charge in [-0.1, -0.05) is 71.7 Å². The van der Waals surface area contributed by atoms with Crippen LogP contribution in [0.25, 0.3) is 11.1 Å². The van der Waals surface area contributed by atoms with E-state index >= 15 is 0 Å². The van der Waals surface area contributed by atoms with Crippen molar-refractivity contribution in [2.75, 3.05) is 10.6 Å². The summed E-state index contributed by atoms with van der Waals surface area (Å²) in [6.45, 7) is 0. The van der Waals surface area contributed by atoms with Gasteiger partial charge in [0.05, 0.1) is 16.4 Å². The number of urea groups is 2. The zero-order valence-corrected chi connectivity index (χ0v) is 16.5. The van der Waals surface area contributed by atoms with Crippen molar-refractivity contribution in [1.29, 1.82) is 0 Å². The Balaban J connectivity index is 0.000000687. The minimum absolute atomic E-state index is 0.0100. The maximum absolute atomic E-state index is 12.3. The lowest BCUT2D eigenvalue weighted by molar-refractivity contribution is 0.256. The van der Waals surface area contributed by atoms with E-state index in [0.29, 0.717) is 5.69 Å². The molecular weight excluding hydrogens is 415 g/mol. The normalized spacial score (nSPS) is 9.72. The zero-order chi connectivity index (χ0) is 21.4. The van der Waals surface area contributed by atoms with E-state index in [1.807, 2.05) is 48.5 Å². The second-order valence-electron chi connectivity index (χ2n) is 5.65. The smallest absolute Gasteiger partial charge is 0.323 e. The third kappa shape index (κ3) is 6.31. The summed E-state index contributed by atoms with van der Waals surface area (Å²) in [4.78, 5) is 21.3. The first kappa shape index (κ1) is 21.9. The Morgan fingerprint density at radius 3 is 2.00 bits per heavy atom. The second kappa shape index (κ2) is 10.2. The summed E-state index contributed by atoms with van der Waals surface area (Å²) in [5.41, 5.74) is 11.2. The lowest BCUT2D eigenvalue weighted by Crippen LogP contribution is -2.20. The van der Waals surface area contributed by atoms with E-state index in [1.54, 1.807) is 6.07 Å². The lowest BCUT2D eigenvalue weighted by Gasteiger charge is -2.13. The van der Waals surface area contributed by atoms with Crippen LogP contribution in [0.3, 0.4) is 0 Å². The molecule has 150 valence electrons. The molecule has 0 aliphatic carbocycles. The largest absolute Gasteiger partial charge is 0.504 e. The number of amides is 4. The van der Waals surface area contributed by atoms with Gasteiger partial charge in [-0.2, -0.15) is 0 Å². The van der Waals surface area contributed by atoms with E-state index in [2.05, 4.69) is 22.1 Å². The van der Waals surface area contributed by atoms with Gasteiger partial charge in [0, 0.05) is 5.56 Å². The number of para-hydroxylation sites is 1. The molecule has 0 aliphatic heterocycles. The molecule has 0 spiro atoms. The summed E-state index contributed by atoms with van der Waals surface area (Å²) in [6, 6.07) is 18.8. The molecule has 7 nitrogen and oxygen atoms in total. The van der Waals surface area contributed by atoms with Crippen molar-refractivity contribution in [3.8, 4) is 16.9 Å². The molecule has 0 radical (unpaired) electrons. The van der Waals surface area contributed by atoms with Crippen molar-refractivity contribution < 1.29 is 14.7 Å². The highest BCUT2D eigenvalue weighted by atomic mass is 35.5. The predicted molar refractivity (Wildman–Crippen MR) is 116 cm³/mol. The van der Waals surface area contributed by atoms with E-state index in [9.17, 15) is 9.90 Å². The van der Waals surface area contributed by atoms with Crippen LogP contribution in [-0.4, -0.2) is 17.2 Å². The highest BCUT2D eigenvalue weighted by molar-refractivity contribution is 6.43. The molecule has 3 rings (SSSR count). The molecule has 0 saturated heterocycles. The molecule has 9 heteroatoms. The van der Waals surface area contributed by atoms with Gasteiger partial charge in [-0.25, -0.2) is 9.59 Å². The van der Waals surface area contributed by atoms with Gasteiger partial charge < -0.3 is 27.2 Å². The van der Waals surface area contributed by atoms with E-state index < -0.39 is 12.1 Å². The number of carbonyl (C=O) groups excluding carboxylic acids is 2. The van der Waals surface area contributed by atoms with Gasteiger partial charge >= 0.3 is 12.1 Å². The number of phenols is 1. The fourth-order valence-corrected chi connectivity index (χ4v) is 2.70. The van der Waals surface area contributed by atoms with Crippen LogP contribution in [0.1, 0.15) is 0 Å². The van der Waals surface area contributed by atoms with Crippen LogP contribution in [0.4, 0.5) is 21.0 Å². The number of aromatic hydroxyl groups is 1. The van der Waals surface area contributed by atoms with Gasteiger partial charge in [0.25, 0.3) is 0 Å². The first-order valence-corrected chi connectivity index (χ1v) is 8.99. The average molecular weight is 433 g/mol. The highest BCUT2D eigenvalue weighted by Crippen LogP contribution is 2.37. The Hall–Kier alpha value is -3.42. The Labute approximate surface area is 177 Å². The SMILES string of the molecule is NC(N)=O.O=C(Nc1ccccc1-c1ccccc1)Nc1ccc(Cl)c(Cl)c1O. The average Bonchev–Trinajstić information content (AvgIpc) is 2.69. The molecule has 3 aromatic carbocycles. The van der Waals surface area contributed by atoms with Gasteiger partial charge in [-0.3, -0.25) is 0 Å². The number of hydrogen-bond donors (Lipinski definition) is 5. The number of phenolic OH excluding ortho intramolecular Hbond substituents is 1. The monoisotopic (exact) mass is 432 g/mol. The standard InChI is InChI=1S/C19H14Cl2N2O2.CH4N2O/c20-14-10-11-16(18(24)17(14)21)23-19(25)22-15-9-5-4-8-13(15)12-6-2-1-3-7-12;2-1(3)4/h1-11,24H,(H2,22,23,25);(H4,2,3,4). The number of nitrogens with one attached hydrogen (secondary N) is 2. The number of nitrogens with two attached hydrogens (primary N) is 2. The third-order valence-electron chi connectivity index (χ3n) is 3.58. The Morgan fingerprint density at radius 1 is 0.793 bits per heavy atom. The molecule has 0 saturated carbocycles. The predicted octanol–water partition coefficient (Wildman–Crippen LogP) is 5.03. The summed E-state index contributed by atoms with van der Waals surface area (Å²) in [6.07, 6.45) is 0. The van der Waals surface area contributed by atoms with Crippen LogP contribution in [0.2, 0.25) is 10.0 Å². The van der Waals surface area contributed by atoms with E-state index in [-0.39, 0.29) is 21.5 Å². The number of anilines is 2. The van der Waals surface area contributed by atoms with Gasteiger partial charge in [0.1, 0.15) is 5.02 Å². The highest BCUT2D eigenvalue weighted by Gasteiger charge is 2.13. The molecular formula is C20H18Cl2N4O3. The summed E-state index contributed by atoms with van der Waals surface area (Å²) < 4.78 is 0. The van der Waals surface area contributed by atoms with Crippen LogP contribution in [-0.2, 0) is 0 Å². The van der Waals surface area contributed by atoms with Gasteiger partial charge in [-0.05, 0) is 23.8 Å². The molecule has 3 aromatic rings. The minimum Gasteiger partial charge on any atom is -0.504 e. The molecule has 29 heavy (non-hydrogen) atoms. The lowest BCUT2D eigenvalue weighted by atomic mass is 10.0. The summed E-state index contributed by atoms with van der Waals surface area (Å²) in [5, 5.41) is 15.5. The van der Waals surface area contributed by atoms with Crippen molar-refractivity contribution in [2.45, 2.75) is 0 Å². The molecule has 4 amide bonds. The van der Waals surface area contributed by atoms with E-state index in [0.717, 1.165) is 11.1 Å². The number of primary amides is 2. The van der Waals surface area contributed by atoms with E-state index in [4.69, 9.17) is 28.0 Å². The van der Waals surface area contributed by atoms with Crippen LogP contribution >= 0.6 is 23.2 Å². The maximum Gasteiger partial charge on any atom is 0.323 e. The van der Waals surface area contributed by atoms with Crippen molar-refractivity contribution in [3.63, 3.8) is 0 Å². The summed E-state index contributed by atoms with van der Waals surface area (Å²) in [5.74, 6) is -0.277. The molecule has 0 aromatic heterocycles. The van der Waals surface area contributed by atoms with E-state index in [1.165, 1.54) is 12.1 Å². The topological polar surface area (TPSA) is 130 Å². The molecule has 0 atom stereocenters. The number of rotatable bonds is 3. The zero-order valence-electron chi connectivity index (χ0n) is 15.0. The van der Waals surface area contributed by atoms with Crippen molar-refractivity contribution in [2.24, 2.45) is 11.5 Å². The van der Waals surface area contributed by atoms with Crippen LogP contribution in [0, 0.1) is 0 Å². The van der Waals surface area contributed by atoms with Gasteiger partial charge in [0.15, 0.2) is 5.75 Å². The summed E-state index contributed by atoms with van der Waals surface area (Å²) in [7, 11) is 0. The van der Waals surface area contributed by atoms with Gasteiger partial charge in [0.2, 0.25) is 0 Å². The Morgan fingerprint density at radius 2 is 1.34 bits per heavy atom. The van der Waals surface area contributed by atoms with Crippen molar-refractivity contribution in [3.05, 3.63) is 76.8 Å². The minimum atomic E-state index is -0.833. The van der Waals surface area contributed by atoms with Crippen LogP contribution in [0.15, 0.2) is 66.7 Å². The molecule has 0 heterocycles. The summed E-state index contributed by atoms with van der Waals surface area (Å²) >= 11 is 11.7. The molecule has 7 N–H and O–H groups in total. The fourth-order valence-electron chi connectivity index (χ4n) is 2.38. The maximum atomic E-state index is 12.3. The fraction of sp³-hybridized carbons (Fsp3) is 0. The second-order valence-corrected chi connectivity index (χ2v) is 6.44. The van der Waals surface area contributed by atoms with Crippen LogP contribution < -0.4 is 22.1 Å².